The molecule has 0 aliphatic carbocycles. The first kappa shape index (κ1) is 19.7. The Morgan fingerprint density at radius 3 is 2.62 bits per heavy atom. The van der Waals surface area contributed by atoms with Crippen LogP contribution in [0.25, 0.3) is 0 Å². The summed E-state index contributed by atoms with van der Waals surface area (Å²) in [6.07, 6.45) is 0.295. The maximum atomic E-state index is 13.2. The average molecular weight is 413 g/mol. The van der Waals surface area contributed by atoms with Crippen LogP contribution in [-0.2, 0) is 9.59 Å². The van der Waals surface area contributed by atoms with Crippen molar-refractivity contribution in [3.63, 3.8) is 0 Å². The Balaban J connectivity index is 1.43. The van der Waals surface area contributed by atoms with Crippen molar-refractivity contribution in [3.8, 4) is 0 Å². The van der Waals surface area contributed by atoms with Crippen LogP contribution in [-0.4, -0.2) is 55.5 Å². The molecule has 0 spiro atoms. The molecule has 2 aliphatic heterocycles. The summed E-state index contributed by atoms with van der Waals surface area (Å²) in [7, 11) is 0. The molecule has 4 rings (SSSR count). The van der Waals surface area contributed by atoms with Crippen molar-refractivity contribution in [2.75, 3.05) is 47.8 Å². The van der Waals surface area contributed by atoms with E-state index in [1.165, 1.54) is 0 Å². The zero-order chi connectivity index (χ0) is 20.4. The van der Waals surface area contributed by atoms with E-state index >= 15 is 0 Å². The molecule has 0 aromatic heterocycles. The highest BCUT2D eigenvalue weighted by Crippen LogP contribution is 2.31. The lowest BCUT2D eigenvalue weighted by molar-refractivity contribution is -0.120. The molecule has 152 valence electrons. The molecule has 0 radical (unpaired) electrons. The molecule has 2 aromatic carbocycles. The van der Waals surface area contributed by atoms with Crippen LogP contribution in [0.1, 0.15) is 13.3 Å². The third kappa shape index (κ3) is 4.38. The van der Waals surface area contributed by atoms with Crippen LogP contribution in [0.2, 0.25) is 5.02 Å². The number of carbonyl (C=O) groups is 2. The van der Waals surface area contributed by atoms with E-state index in [2.05, 4.69) is 21.2 Å². The molecule has 2 heterocycles. The van der Waals surface area contributed by atoms with Gasteiger partial charge < -0.3 is 15.1 Å². The summed E-state index contributed by atoms with van der Waals surface area (Å²) >= 11 is 6.11. The number of piperazine rings is 1. The Hall–Kier alpha value is -2.57. The Kier molecular flexibility index (Phi) is 5.74. The lowest BCUT2D eigenvalue weighted by atomic mass is 10.1. The van der Waals surface area contributed by atoms with E-state index in [1.807, 2.05) is 49.4 Å². The van der Waals surface area contributed by atoms with Gasteiger partial charge in [-0.3, -0.25) is 14.5 Å². The van der Waals surface area contributed by atoms with Crippen molar-refractivity contribution < 1.29 is 9.59 Å². The molecule has 0 saturated carbocycles. The third-order valence-corrected chi connectivity index (χ3v) is 5.77. The molecule has 1 atom stereocenters. The molecule has 0 unspecified atom stereocenters. The number of carbonyl (C=O) groups excluding carboxylic acids is 2. The number of benzene rings is 2. The Morgan fingerprint density at radius 1 is 1.10 bits per heavy atom. The number of hydrogen-bond donors (Lipinski definition) is 1. The molecule has 1 fully saturated rings. The lowest BCUT2D eigenvalue weighted by Gasteiger charge is -2.37. The van der Waals surface area contributed by atoms with Crippen molar-refractivity contribution in [2.24, 2.45) is 0 Å². The van der Waals surface area contributed by atoms with Gasteiger partial charge in [-0.2, -0.15) is 0 Å². The molecular formula is C22H25ClN4O2. The molecular weight excluding hydrogens is 388 g/mol. The second-order valence-corrected chi connectivity index (χ2v) is 8.06. The average Bonchev–Trinajstić information content (AvgIpc) is 2.82. The highest BCUT2D eigenvalue weighted by molar-refractivity contribution is 6.30. The minimum Gasteiger partial charge on any atom is -0.369 e. The van der Waals surface area contributed by atoms with E-state index in [0.29, 0.717) is 18.7 Å². The Labute approximate surface area is 176 Å². The monoisotopic (exact) mass is 412 g/mol. The summed E-state index contributed by atoms with van der Waals surface area (Å²) in [6.45, 7) is 5.57. The van der Waals surface area contributed by atoms with Crippen LogP contribution in [0.4, 0.5) is 17.1 Å². The quantitative estimate of drug-likeness (QED) is 0.840. The van der Waals surface area contributed by atoms with Gasteiger partial charge in [0.15, 0.2) is 0 Å². The highest BCUT2D eigenvalue weighted by atomic mass is 35.5. The van der Waals surface area contributed by atoms with Gasteiger partial charge in [0.1, 0.15) is 0 Å². The number of anilines is 3. The van der Waals surface area contributed by atoms with Gasteiger partial charge in [-0.1, -0.05) is 29.8 Å². The largest absolute Gasteiger partial charge is 0.369 e. The van der Waals surface area contributed by atoms with Gasteiger partial charge in [-0.05, 0) is 37.3 Å². The summed E-state index contributed by atoms with van der Waals surface area (Å²) in [5, 5.41) is 3.64. The number of halogens is 1. The topological polar surface area (TPSA) is 55.9 Å². The van der Waals surface area contributed by atoms with Gasteiger partial charge in [-0.25, -0.2) is 0 Å². The molecule has 2 aromatic rings. The molecule has 6 nitrogen and oxygen atoms in total. The van der Waals surface area contributed by atoms with Crippen molar-refractivity contribution in [1.82, 2.24) is 4.90 Å². The van der Waals surface area contributed by atoms with E-state index in [1.54, 1.807) is 4.90 Å². The second-order valence-electron chi connectivity index (χ2n) is 7.63. The molecule has 1 saturated heterocycles. The number of amides is 2. The highest BCUT2D eigenvalue weighted by Gasteiger charge is 2.31. The second kappa shape index (κ2) is 8.43. The van der Waals surface area contributed by atoms with Crippen molar-refractivity contribution in [2.45, 2.75) is 19.4 Å². The number of para-hydroxylation sites is 2. The predicted octanol–water partition coefficient (Wildman–Crippen LogP) is 3.23. The maximum Gasteiger partial charge on any atom is 0.241 e. The summed E-state index contributed by atoms with van der Waals surface area (Å²) in [6, 6.07) is 15.2. The zero-order valence-electron chi connectivity index (χ0n) is 16.5. The fourth-order valence-corrected chi connectivity index (χ4v) is 4.26. The lowest BCUT2D eigenvalue weighted by Crippen LogP contribution is -2.51. The molecule has 7 heteroatoms. The van der Waals surface area contributed by atoms with E-state index in [-0.39, 0.29) is 17.9 Å². The van der Waals surface area contributed by atoms with Gasteiger partial charge in [-0.15, -0.1) is 0 Å². The van der Waals surface area contributed by atoms with E-state index in [4.69, 9.17) is 11.6 Å². The van der Waals surface area contributed by atoms with Gasteiger partial charge in [0, 0.05) is 49.4 Å². The zero-order valence-corrected chi connectivity index (χ0v) is 17.2. The fourth-order valence-electron chi connectivity index (χ4n) is 4.07. The van der Waals surface area contributed by atoms with Crippen molar-refractivity contribution >= 4 is 40.5 Å². The minimum atomic E-state index is -0.182. The molecule has 29 heavy (non-hydrogen) atoms. The number of fused-ring (bicyclic) bond motifs is 1. The number of rotatable bonds is 3. The maximum absolute atomic E-state index is 13.2. The van der Waals surface area contributed by atoms with Gasteiger partial charge in [0.2, 0.25) is 11.8 Å². The van der Waals surface area contributed by atoms with Gasteiger partial charge in [0.05, 0.1) is 17.9 Å². The number of nitrogens with one attached hydrogen (secondary N) is 1. The normalized spacial score (nSPS) is 20.1. The first-order valence-electron chi connectivity index (χ1n) is 9.95. The van der Waals surface area contributed by atoms with Crippen LogP contribution in [0.5, 0.6) is 0 Å². The van der Waals surface area contributed by atoms with E-state index in [0.717, 1.165) is 42.6 Å². The first-order chi connectivity index (χ1) is 14.0. The van der Waals surface area contributed by atoms with E-state index in [9.17, 15) is 9.59 Å². The summed E-state index contributed by atoms with van der Waals surface area (Å²) < 4.78 is 0. The van der Waals surface area contributed by atoms with E-state index < -0.39 is 0 Å². The van der Waals surface area contributed by atoms with Crippen LogP contribution in [0, 0.1) is 0 Å². The van der Waals surface area contributed by atoms with Crippen molar-refractivity contribution in [3.05, 3.63) is 53.6 Å². The third-order valence-electron chi connectivity index (χ3n) is 5.53. The Morgan fingerprint density at radius 2 is 1.86 bits per heavy atom. The number of nitrogens with zero attached hydrogens (tertiary/aromatic N) is 3. The van der Waals surface area contributed by atoms with Crippen LogP contribution >= 0.6 is 11.6 Å². The van der Waals surface area contributed by atoms with Crippen LogP contribution in [0.15, 0.2) is 48.5 Å². The molecule has 0 bridgehead atoms. The Bertz CT molecular complexity index is 911. The summed E-state index contributed by atoms with van der Waals surface area (Å²) in [5.74, 6) is -0.0342. The SMILES string of the molecule is C[C@H]1CC(=O)Nc2ccccc2N1C(=O)CN1CCN(c2cccc(Cl)c2)CC1. The smallest absolute Gasteiger partial charge is 0.241 e. The van der Waals surface area contributed by atoms with Crippen molar-refractivity contribution in [1.29, 1.82) is 0 Å². The first-order valence-corrected chi connectivity index (χ1v) is 10.3. The minimum absolute atomic E-state index is 0.0256. The predicted molar refractivity (Wildman–Crippen MR) is 117 cm³/mol. The van der Waals surface area contributed by atoms with Gasteiger partial charge in [0.25, 0.3) is 0 Å². The number of hydrogen-bond acceptors (Lipinski definition) is 4. The van der Waals surface area contributed by atoms with Gasteiger partial charge >= 0.3 is 0 Å². The molecule has 1 N–H and O–H groups in total. The van der Waals surface area contributed by atoms with Crippen LogP contribution in [0.3, 0.4) is 0 Å². The summed E-state index contributed by atoms with van der Waals surface area (Å²) in [4.78, 5) is 31.6. The molecule has 2 amide bonds. The van der Waals surface area contributed by atoms with Crippen LogP contribution < -0.4 is 15.1 Å². The molecule has 2 aliphatic rings. The fraction of sp³-hybridized carbons (Fsp3) is 0.364. The standard InChI is InChI=1S/C22H25ClN4O2/c1-16-13-21(28)24-19-7-2-3-8-20(19)27(16)22(29)15-25-9-11-26(12-10-25)18-6-4-5-17(23)14-18/h2-8,14,16H,9-13,15H2,1H3,(H,24,28)/t16-/m0/s1. The summed E-state index contributed by atoms with van der Waals surface area (Å²) in [5.41, 5.74) is 2.58.